The summed E-state index contributed by atoms with van der Waals surface area (Å²) in [5.74, 6) is -1.07. The summed E-state index contributed by atoms with van der Waals surface area (Å²) in [6.45, 7) is 7.17. The molecule has 0 spiro atoms. The van der Waals surface area contributed by atoms with Crippen molar-refractivity contribution in [1.82, 2.24) is 5.32 Å². The first-order valence-electron chi connectivity index (χ1n) is 18.8. The Kier molecular flexibility index (Phi) is 30.2. The minimum Gasteiger partial charge on any atom is -0.480 e. The van der Waals surface area contributed by atoms with Crippen molar-refractivity contribution in [1.29, 1.82) is 0 Å². The van der Waals surface area contributed by atoms with Crippen LogP contribution in [0.15, 0.2) is 0 Å². The van der Waals surface area contributed by atoms with Crippen LogP contribution >= 0.6 is 0 Å². The van der Waals surface area contributed by atoms with E-state index in [1.165, 1.54) is 109 Å². The minimum absolute atomic E-state index is 0.259. The number of nitrogens with two attached hydrogens (primary N) is 1. The van der Waals surface area contributed by atoms with Gasteiger partial charge in [-0.25, -0.2) is 4.79 Å². The summed E-state index contributed by atoms with van der Waals surface area (Å²) in [6.07, 6.45) is 28.3. The fourth-order valence-corrected chi connectivity index (χ4v) is 6.02. The molecule has 1 amide bonds. The summed E-state index contributed by atoms with van der Waals surface area (Å²) in [4.78, 5) is 37.3. The van der Waals surface area contributed by atoms with Gasteiger partial charge in [0.2, 0.25) is 0 Å². The maximum atomic E-state index is 13.0. The van der Waals surface area contributed by atoms with Crippen LogP contribution in [0.5, 0.6) is 0 Å². The van der Waals surface area contributed by atoms with E-state index in [1.807, 2.05) is 0 Å². The molecule has 0 radical (unpaired) electrons. The summed E-state index contributed by atoms with van der Waals surface area (Å²) < 4.78 is 5.64. The molecule has 44 heavy (non-hydrogen) atoms. The van der Waals surface area contributed by atoms with Gasteiger partial charge in [-0.3, -0.25) is 9.59 Å². The van der Waals surface area contributed by atoms with Gasteiger partial charge in [0.1, 0.15) is 6.04 Å². The molecule has 0 aliphatic heterocycles. The number of hydrogen-bond donors (Lipinski definition) is 3. The van der Waals surface area contributed by atoms with Gasteiger partial charge in [0, 0.05) is 6.42 Å². The van der Waals surface area contributed by atoms with Gasteiger partial charge in [-0.1, -0.05) is 156 Å². The standard InChI is InChI=1S/C37H72N2O5/c1-4-7-8-9-10-11-12-13-14-17-20-23-29-34(36(41)39-33(37(42)43)28-25-31-38)44-35(40)30-24-21-18-15-16-19-22-27-32(6-3)26-5-2/h32-34H,4-31,38H2,1-3H3,(H,39,41)(H,42,43). The highest BCUT2D eigenvalue weighted by molar-refractivity contribution is 5.87. The van der Waals surface area contributed by atoms with Crippen molar-refractivity contribution in [2.75, 3.05) is 6.54 Å². The Labute approximate surface area is 271 Å². The third-order valence-electron chi connectivity index (χ3n) is 8.97. The molecule has 0 aromatic carbocycles. The zero-order valence-electron chi connectivity index (χ0n) is 29.2. The first kappa shape index (κ1) is 42.4. The van der Waals surface area contributed by atoms with Crippen LogP contribution in [-0.2, 0) is 19.1 Å². The summed E-state index contributed by atoms with van der Waals surface area (Å²) in [7, 11) is 0. The molecular formula is C37H72N2O5. The van der Waals surface area contributed by atoms with Crippen molar-refractivity contribution in [2.24, 2.45) is 11.7 Å². The molecule has 0 bridgehead atoms. The van der Waals surface area contributed by atoms with Crippen molar-refractivity contribution >= 4 is 17.8 Å². The molecule has 0 aromatic rings. The molecular weight excluding hydrogens is 552 g/mol. The number of hydrogen-bond acceptors (Lipinski definition) is 5. The van der Waals surface area contributed by atoms with Gasteiger partial charge in [0.25, 0.3) is 5.91 Å². The zero-order valence-corrected chi connectivity index (χ0v) is 29.2. The molecule has 0 fully saturated rings. The lowest BCUT2D eigenvalue weighted by Crippen LogP contribution is -2.47. The number of aliphatic carboxylic acids is 1. The summed E-state index contributed by atoms with van der Waals surface area (Å²) in [5, 5.41) is 12.1. The van der Waals surface area contributed by atoms with E-state index in [9.17, 15) is 19.5 Å². The third kappa shape index (κ3) is 25.7. The van der Waals surface area contributed by atoms with Crippen LogP contribution in [0, 0.1) is 5.92 Å². The van der Waals surface area contributed by atoms with Crippen molar-refractivity contribution in [3.05, 3.63) is 0 Å². The van der Waals surface area contributed by atoms with Crippen molar-refractivity contribution in [3.63, 3.8) is 0 Å². The largest absolute Gasteiger partial charge is 0.480 e. The fourth-order valence-electron chi connectivity index (χ4n) is 6.02. The Bertz CT molecular complexity index is 687. The Balaban J connectivity index is 4.43. The van der Waals surface area contributed by atoms with Crippen LogP contribution in [0.3, 0.4) is 0 Å². The minimum atomic E-state index is -1.09. The Morgan fingerprint density at radius 1 is 0.614 bits per heavy atom. The number of rotatable bonds is 33. The molecule has 0 aromatic heterocycles. The van der Waals surface area contributed by atoms with Crippen LogP contribution in [0.2, 0.25) is 0 Å². The van der Waals surface area contributed by atoms with E-state index in [0.29, 0.717) is 25.8 Å². The van der Waals surface area contributed by atoms with E-state index >= 15 is 0 Å². The molecule has 260 valence electrons. The van der Waals surface area contributed by atoms with Gasteiger partial charge in [-0.05, 0) is 44.6 Å². The topological polar surface area (TPSA) is 119 Å². The zero-order chi connectivity index (χ0) is 32.7. The molecule has 0 aliphatic carbocycles. The molecule has 0 saturated heterocycles. The van der Waals surface area contributed by atoms with E-state index in [1.54, 1.807) is 0 Å². The molecule has 7 nitrogen and oxygen atoms in total. The summed E-state index contributed by atoms with van der Waals surface area (Å²) in [6, 6.07) is -1.02. The van der Waals surface area contributed by atoms with Crippen molar-refractivity contribution in [3.8, 4) is 0 Å². The van der Waals surface area contributed by atoms with E-state index in [0.717, 1.165) is 44.4 Å². The molecule has 0 saturated carbocycles. The van der Waals surface area contributed by atoms with Crippen molar-refractivity contribution in [2.45, 2.75) is 206 Å². The Hall–Kier alpha value is -1.63. The van der Waals surface area contributed by atoms with Crippen LogP contribution in [0.25, 0.3) is 0 Å². The van der Waals surface area contributed by atoms with Gasteiger partial charge in [-0.15, -0.1) is 0 Å². The van der Waals surface area contributed by atoms with E-state index < -0.39 is 24.0 Å². The van der Waals surface area contributed by atoms with Crippen LogP contribution < -0.4 is 11.1 Å². The summed E-state index contributed by atoms with van der Waals surface area (Å²) >= 11 is 0. The average molecular weight is 625 g/mol. The Morgan fingerprint density at radius 3 is 1.59 bits per heavy atom. The normalized spacial score (nSPS) is 13.4. The highest BCUT2D eigenvalue weighted by Gasteiger charge is 2.27. The quantitative estimate of drug-likeness (QED) is 0.0494. The smallest absolute Gasteiger partial charge is 0.326 e. The molecule has 0 rings (SSSR count). The van der Waals surface area contributed by atoms with Gasteiger partial charge in [0.15, 0.2) is 6.10 Å². The lowest BCUT2D eigenvalue weighted by Gasteiger charge is -2.21. The number of unbranched alkanes of at least 4 members (excludes halogenated alkanes) is 17. The van der Waals surface area contributed by atoms with Crippen LogP contribution in [0.1, 0.15) is 194 Å². The van der Waals surface area contributed by atoms with E-state index in [2.05, 4.69) is 26.1 Å². The maximum Gasteiger partial charge on any atom is 0.326 e. The molecule has 4 N–H and O–H groups in total. The SMILES string of the molecule is CCCCCCCCCCCCCCC(OC(=O)CCCCCCCCCC(CC)CCC)C(=O)NC(CCCN)C(=O)O. The predicted octanol–water partition coefficient (Wildman–Crippen LogP) is 9.63. The van der Waals surface area contributed by atoms with Crippen LogP contribution in [-0.4, -0.2) is 41.6 Å². The van der Waals surface area contributed by atoms with Gasteiger partial charge in [-0.2, -0.15) is 0 Å². The number of ether oxygens (including phenoxy) is 1. The number of carboxylic acids is 1. The number of carbonyl (C=O) groups excluding carboxylic acids is 2. The van der Waals surface area contributed by atoms with Gasteiger partial charge in [0.05, 0.1) is 0 Å². The molecule has 7 heteroatoms. The van der Waals surface area contributed by atoms with Gasteiger partial charge >= 0.3 is 11.9 Å². The fraction of sp³-hybridized carbons (Fsp3) is 0.919. The number of carbonyl (C=O) groups is 3. The average Bonchev–Trinajstić information content (AvgIpc) is 3.01. The van der Waals surface area contributed by atoms with Crippen LogP contribution in [0.4, 0.5) is 0 Å². The van der Waals surface area contributed by atoms with E-state index in [-0.39, 0.29) is 12.4 Å². The van der Waals surface area contributed by atoms with Gasteiger partial charge < -0.3 is 20.9 Å². The highest BCUT2D eigenvalue weighted by Crippen LogP contribution is 2.20. The molecule has 3 atom stereocenters. The molecule has 0 aliphatic rings. The maximum absolute atomic E-state index is 13.0. The van der Waals surface area contributed by atoms with Crippen molar-refractivity contribution < 1.29 is 24.2 Å². The second-order valence-corrected chi connectivity index (χ2v) is 13.1. The highest BCUT2D eigenvalue weighted by atomic mass is 16.5. The first-order valence-corrected chi connectivity index (χ1v) is 18.8. The number of amides is 1. The monoisotopic (exact) mass is 625 g/mol. The summed E-state index contributed by atoms with van der Waals surface area (Å²) in [5.41, 5.74) is 5.54. The number of nitrogens with one attached hydrogen (secondary N) is 1. The predicted molar refractivity (Wildman–Crippen MR) is 184 cm³/mol. The number of carboxylic acid groups (broad SMARTS) is 1. The molecule has 0 heterocycles. The Morgan fingerprint density at radius 2 is 1.11 bits per heavy atom. The lowest BCUT2D eigenvalue weighted by atomic mass is 9.94. The third-order valence-corrected chi connectivity index (χ3v) is 8.97. The second-order valence-electron chi connectivity index (χ2n) is 13.1. The van der Waals surface area contributed by atoms with E-state index in [4.69, 9.17) is 10.5 Å². The first-order chi connectivity index (χ1) is 21.4. The molecule has 3 unspecified atom stereocenters. The lowest BCUT2D eigenvalue weighted by molar-refractivity contribution is -0.157. The second kappa shape index (κ2) is 31.4. The number of esters is 1.